The van der Waals surface area contributed by atoms with Gasteiger partial charge in [0.15, 0.2) is 11.6 Å². The zero-order valence-electron chi connectivity index (χ0n) is 16.9. The van der Waals surface area contributed by atoms with Gasteiger partial charge in [0, 0.05) is 36.7 Å². The number of anilines is 1. The molecule has 152 valence electrons. The maximum Gasteiger partial charge on any atom is 0.167 e. The number of nitrogens with zero attached hydrogens (tertiary/aromatic N) is 5. The third-order valence-electron chi connectivity index (χ3n) is 6.04. The fraction of sp³-hybridized carbons (Fsp3) is 0.476. The van der Waals surface area contributed by atoms with Crippen LogP contribution in [-0.2, 0) is 0 Å². The van der Waals surface area contributed by atoms with Gasteiger partial charge in [-0.25, -0.2) is 14.4 Å². The number of nitrogens with one attached hydrogen (secondary N) is 1. The molecule has 1 N–H and O–H groups in total. The van der Waals surface area contributed by atoms with Crippen molar-refractivity contribution in [3.63, 3.8) is 0 Å². The van der Waals surface area contributed by atoms with Crippen LogP contribution in [0.2, 0.25) is 0 Å². The summed E-state index contributed by atoms with van der Waals surface area (Å²) in [6.07, 6.45) is 4.57. The van der Waals surface area contributed by atoms with E-state index in [1.165, 1.54) is 6.07 Å². The molecule has 1 aliphatic carbocycles. The van der Waals surface area contributed by atoms with Crippen molar-refractivity contribution in [1.82, 2.24) is 25.1 Å². The van der Waals surface area contributed by atoms with Crippen molar-refractivity contribution in [3.8, 4) is 17.1 Å². The SMILES string of the molecule is CN(C)C1CCN(c2cc(-c3n[nH]c4cc(F)c(OC5(C)CC5)cc34)ncn2)C1. The second-order valence-electron chi connectivity index (χ2n) is 8.57. The smallest absolute Gasteiger partial charge is 0.167 e. The van der Waals surface area contributed by atoms with Crippen molar-refractivity contribution in [3.05, 3.63) is 30.3 Å². The molecular formula is C21H25FN6O. The van der Waals surface area contributed by atoms with Gasteiger partial charge < -0.3 is 14.5 Å². The first kappa shape index (κ1) is 18.3. The Morgan fingerprint density at radius 3 is 2.79 bits per heavy atom. The molecule has 2 aliphatic rings. The molecule has 8 heteroatoms. The van der Waals surface area contributed by atoms with Crippen LogP contribution in [0.4, 0.5) is 10.2 Å². The fourth-order valence-corrected chi connectivity index (χ4v) is 3.86. The Balaban J connectivity index is 1.48. The Morgan fingerprint density at radius 1 is 1.24 bits per heavy atom. The monoisotopic (exact) mass is 396 g/mol. The molecule has 1 aromatic carbocycles. The summed E-state index contributed by atoms with van der Waals surface area (Å²) < 4.78 is 20.3. The summed E-state index contributed by atoms with van der Waals surface area (Å²) in [7, 11) is 4.21. The average molecular weight is 396 g/mol. The van der Waals surface area contributed by atoms with E-state index in [0.717, 1.165) is 43.6 Å². The quantitative estimate of drug-likeness (QED) is 0.714. The van der Waals surface area contributed by atoms with E-state index >= 15 is 0 Å². The Hall–Kier alpha value is -2.74. The molecule has 1 saturated carbocycles. The normalized spacial score (nSPS) is 20.6. The van der Waals surface area contributed by atoms with Gasteiger partial charge in [-0.15, -0.1) is 0 Å². The number of hydrogen-bond acceptors (Lipinski definition) is 6. The summed E-state index contributed by atoms with van der Waals surface area (Å²) in [5, 5.41) is 8.12. The van der Waals surface area contributed by atoms with Crippen LogP contribution in [0.5, 0.6) is 5.75 Å². The lowest BCUT2D eigenvalue weighted by atomic mass is 10.1. The largest absolute Gasteiger partial charge is 0.484 e. The van der Waals surface area contributed by atoms with Crippen molar-refractivity contribution in [2.45, 2.75) is 37.8 Å². The number of H-pyrrole nitrogens is 1. The van der Waals surface area contributed by atoms with E-state index in [9.17, 15) is 4.39 Å². The van der Waals surface area contributed by atoms with E-state index in [4.69, 9.17) is 4.74 Å². The molecular weight excluding hydrogens is 371 g/mol. The highest BCUT2D eigenvalue weighted by atomic mass is 19.1. The molecule has 1 aliphatic heterocycles. The lowest BCUT2D eigenvalue weighted by Gasteiger charge is -2.21. The molecule has 1 unspecified atom stereocenters. The second kappa shape index (κ2) is 6.66. The topological polar surface area (TPSA) is 70.2 Å². The number of benzene rings is 1. The highest BCUT2D eigenvalue weighted by Gasteiger charge is 2.40. The summed E-state index contributed by atoms with van der Waals surface area (Å²) in [6, 6.07) is 5.65. The molecule has 1 atom stereocenters. The molecule has 2 aromatic heterocycles. The third-order valence-corrected chi connectivity index (χ3v) is 6.04. The van der Waals surface area contributed by atoms with Crippen LogP contribution in [0, 0.1) is 5.82 Å². The minimum atomic E-state index is -0.379. The lowest BCUT2D eigenvalue weighted by molar-refractivity contribution is 0.191. The van der Waals surface area contributed by atoms with E-state index < -0.39 is 0 Å². The molecule has 2 fully saturated rings. The molecule has 3 heterocycles. The number of aromatic amines is 1. The molecule has 0 amide bonds. The molecule has 29 heavy (non-hydrogen) atoms. The predicted octanol–water partition coefficient (Wildman–Crippen LogP) is 3.23. The summed E-state index contributed by atoms with van der Waals surface area (Å²) >= 11 is 0. The van der Waals surface area contributed by atoms with E-state index in [1.54, 1.807) is 12.4 Å². The van der Waals surface area contributed by atoms with Crippen molar-refractivity contribution in [1.29, 1.82) is 0 Å². The van der Waals surface area contributed by atoms with Gasteiger partial charge in [-0.1, -0.05) is 0 Å². The van der Waals surface area contributed by atoms with Gasteiger partial charge in [0.05, 0.1) is 11.2 Å². The van der Waals surface area contributed by atoms with E-state index in [2.05, 4.69) is 44.1 Å². The van der Waals surface area contributed by atoms with Gasteiger partial charge in [0.1, 0.15) is 23.4 Å². The van der Waals surface area contributed by atoms with E-state index in [0.29, 0.717) is 22.9 Å². The van der Waals surface area contributed by atoms with Gasteiger partial charge in [-0.2, -0.15) is 5.10 Å². The molecule has 5 rings (SSSR count). The molecule has 7 nitrogen and oxygen atoms in total. The van der Waals surface area contributed by atoms with E-state index in [1.807, 2.05) is 13.0 Å². The second-order valence-corrected chi connectivity index (χ2v) is 8.57. The van der Waals surface area contributed by atoms with Gasteiger partial charge in [-0.3, -0.25) is 5.10 Å². The Labute approximate surface area is 168 Å². The zero-order chi connectivity index (χ0) is 20.2. The van der Waals surface area contributed by atoms with Crippen LogP contribution in [0.15, 0.2) is 24.5 Å². The Kier molecular flexibility index (Phi) is 4.20. The summed E-state index contributed by atoms with van der Waals surface area (Å²) in [6.45, 7) is 3.90. The summed E-state index contributed by atoms with van der Waals surface area (Å²) in [4.78, 5) is 13.4. The number of fused-ring (bicyclic) bond motifs is 1. The average Bonchev–Trinajstić information content (AvgIpc) is 3.11. The van der Waals surface area contributed by atoms with Crippen molar-refractivity contribution < 1.29 is 9.13 Å². The minimum Gasteiger partial charge on any atom is -0.484 e. The molecule has 0 bridgehead atoms. The van der Waals surface area contributed by atoms with Gasteiger partial charge in [0.25, 0.3) is 0 Å². The predicted molar refractivity (Wildman–Crippen MR) is 110 cm³/mol. The van der Waals surface area contributed by atoms with Crippen LogP contribution < -0.4 is 9.64 Å². The first-order chi connectivity index (χ1) is 13.9. The Bertz CT molecular complexity index is 1060. The third kappa shape index (κ3) is 3.42. The zero-order valence-corrected chi connectivity index (χ0v) is 16.9. The molecule has 0 radical (unpaired) electrons. The number of hydrogen-bond donors (Lipinski definition) is 1. The lowest BCUT2D eigenvalue weighted by Crippen LogP contribution is -2.31. The fourth-order valence-electron chi connectivity index (χ4n) is 3.86. The number of ether oxygens (including phenoxy) is 1. The summed E-state index contributed by atoms with van der Waals surface area (Å²) in [5.74, 6) is 0.776. The van der Waals surface area contributed by atoms with Gasteiger partial charge in [-0.05, 0) is 46.3 Å². The van der Waals surface area contributed by atoms with Crippen LogP contribution in [0.3, 0.4) is 0 Å². The van der Waals surface area contributed by atoms with Crippen LogP contribution in [0.1, 0.15) is 26.2 Å². The first-order valence-electron chi connectivity index (χ1n) is 10.0. The highest BCUT2D eigenvalue weighted by molar-refractivity contribution is 5.93. The highest BCUT2D eigenvalue weighted by Crippen LogP contribution is 2.41. The molecule has 1 saturated heterocycles. The first-order valence-corrected chi connectivity index (χ1v) is 10.0. The maximum absolute atomic E-state index is 14.5. The maximum atomic E-state index is 14.5. The van der Waals surface area contributed by atoms with Crippen molar-refractivity contribution in [2.24, 2.45) is 0 Å². The van der Waals surface area contributed by atoms with Crippen LogP contribution in [0.25, 0.3) is 22.3 Å². The van der Waals surface area contributed by atoms with Gasteiger partial charge >= 0.3 is 0 Å². The van der Waals surface area contributed by atoms with Gasteiger partial charge in [0.2, 0.25) is 0 Å². The number of rotatable bonds is 5. The van der Waals surface area contributed by atoms with Crippen molar-refractivity contribution in [2.75, 3.05) is 32.1 Å². The van der Waals surface area contributed by atoms with E-state index in [-0.39, 0.29) is 17.2 Å². The minimum absolute atomic E-state index is 0.251. The molecule has 0 spiro atoms. The summed E-state index contributed by atoms with van der Waals surface area (Å²) in [5.41, 5.74) is 1.77. The van der Waals surface area contributed by atoms with Crippen LogP contribution >= 0.6 is 0 Å². The Morgan fingerprint density at radius 2 is 2.07 bits per heavy atom. The number of aromatic nitrogens is 4. The number of halogens is 1. The van der Waals surface area contributed by atoms with Crippen molar-refractivity contribution >= 4 is 16.7 Å². The number of likely N-dealkylation sites (N-methyl/N-ethyl adjacent to an activating group) is 1. The van der Waals surface area contributed by atoms with Crippen LogP contribution in [-0.4, -0.2) is 63.9 Å². The molecule has 3 aromatic rings. The standard InChI is InChI=1S/C21H25FN6O/c1-21(5-6-21)29-18-8-14-16(9-15(18)22)25-26-20(14)17-10-19(24-12-23-17)28-7-4-13(11-28)27(2)3/h8-10,12-13H,4-7,11H2,1-3H3,(H,25,26).